The van der Waals surface area contributed by atoms with Crippen molar-refractivity contribution >= 4 is 0 Å². The molecule has 0 aliphatic heterocycles. The zero-order valence-electron chi connectivity index (χ0n) is 14.6. The molecule has 0 amide bonds. The Labute approximate surface area is 147 Å². The summed E-state index contributed by atoms with van der Waals surface area (Å²) >= 11 is 0. The summed E-state index contributed by atoms with van der Waals surface area (Å²) in [5.41, 5.74) is 0.550. The van der Waals surface area contributed by atoms with Crippen LogP contribution in [-0.4, -0.2) is 43.8 Å². The lowest BCUT2D eigenvalue weighted by atomic mass is 10.3. The van der Waals surface area contributed by atoms with Crippen molar-refractivity contribution in [3.8, 4) is 23.0 Å². The van der Waals surface area contributed by atoms with Gasteiger partial charge in [-0.25, -0.2) is 0 Å². The van der Waals surface area contributed by atoms with Gasteiger partial charge in [0, 0.05) is 0 Å². The third kappa shape index (κ3) is 4.55. The number of hydrogen-bond donors (Lipinski definition) is 2. The molecule has 0 aromatic heterocycles. The van der Waals surface area contributed by atoms with Crippen LogP contribution in [-0.2, 0) is 0 Å². The summed E-state index contributed by atoms with van der Waals surface area (Å²) in [4.78, 5) is 0. The maximum Gasteiger partial charge on any atom is 0.161 e. The van der Waals surface area contributed by atoms with Crippen molar-refractivity contribution in [3.63, 3.8) is 0 Å². The van der Waals surface area contributed by atoms with Crippen molar-refractivity contribution in [1.82, 2.24) is 0 Å². The number of hydrogen-bond acceptors (Lipinski definition) is 6. The molecule has 0 radical (unpaired) electrons. The van der Waals surface area contributed by atoms with Gasteiger partial charge < -0.3 is 29.2 Å². The Morgan fingerprint density at radius 3 is 2.44 bits per heavy atom. The number of methoxy groups -OCH3 is 2. The number of ether oxygens (including phenoxy) is 4. The Hall–Kier alpha value is -2.44. The number of para-hydroxylation sites is 2. The Morgan fingerprint density at radius 1 is 1.12 bits per heavy atom. The fraction of sp³-hybridized carbons (Fsp3) is 0.368. The lowest BCUT2D eigenvalue weighted by Gasteiger charge is -2.24. The Morgan fingerprint density at radius 2 is 1.84 bits per heavy atom. The molecule has 0 saturated heterocycles. The maximum absolute atomic E-state index is 10.6. The molecule has 0 bridgehead atoms. The van der Waals surface area contributed by atoms with E-state index in [9.17, 15) is 10.2 Å². The van der Waals surface area contributed by atoms with Crippen LogP contribution in [0.2, 0.25) is 0 Å². The number of aliphatic hydroxyl groups excluding tert-OH is 2. The molecule has 2 N–H and O–H groups in total. The molecule has 0 aliphatic rings. The van der Waals surface area contributed by atoms with Gasteiger partial charge in [-0.2, -0.15) is 0 Å². The normalized spacial score (nSPS) is 13.0. The van der Waals surface area contributed by atoms with Gasteiger partial charge >= 0.3 is 0 Å². The summed E-state index contributed by atoms with van der Waals surface area (Å²) in [6.45, 7) is 2.02. The summed E-state index contributed by atoms with van der Waals surface area (Å²) in [6, 6.07) is 12.2. The molecule has 2 unspecified atom stereocenters. The van der Waals surface area contributed by atoms with E-state index in [0.717, 1.165) is 0 Å². The SMILES string of the molecule is CCO[14c]1[14cH][14cH][14c](C(O)C(CO)Oc2ccccc2OC)[14cH][14c]1OC. The van der Waals surface area contributed by atoms with Crippen LogP contribution in [0.15, 0.2) is 42.5 Å². The van der Waals surface area contributed by atoms with Gasteiger partial charge in [-0.1, -0.05) is 18.2 Å². The van der Waals surface area contributed by atoms with E-state index in [2.05, 4.69) is 0 Å². The first-order valence-corrected chi connectivity index (χ1v) is 8.03. The largest absolute Gasteiger partial charge is 0.493 e. The number of benzene rings is 2. The lowest BCUT2D eigenvalue weighted by molar-refractivity contribution is -0.000519. The second-order valence-electron chi connectivity index (χ2n) is 5.28. The molecule has 2 aromatic carbocycles. The monoisotopic (exact) mass is 360 g/mol. The van der Waals surface area contributed by atoms with Crippen LogP contribution in [0.25, 0.3) is 0 Å². The molecule has 136 valence electrons. The average molecular weight is 360 g/mol. The highest BCUT2D eigenvalue weighted by molar-refractivity contribution is 5.44. The molecule has 0 spiro atoms. The molecular weight excluding hydrogens is 336 g/mol. The second kappa shape index (κ2) is 9.15. The molecule has 25 heavy (non-hydrogen) atoms. The predicted octanol–water partition coefficient (Wildman–Crippen LogP) is 2.58. The molecule has 0 fully saturated rings. The van der Waals surface area contributed by atoms with Crippen LogP contribution in [0, 0.1) is 0 Å². The summed E-state index contributed by atoms with van der Waals surface area (Å²) < 4.78 is 21.8. The molecule has 2 rings (SSSR count). The first-order chi connectivity index (χ1) is 12.1. The van der Waals surface area contributed by atoms with Crippen molar-refractivity contribution in [2.75, 3.05) is 27.4 Å². The van der Waals surface area contributed by atoms with Crippen LogP contribution in [0.1, 0.15) is 18.6 Å². The first kappa shape index (κ1) is 18.9. The third-order valence-electron chi connectivity index (χ3n) is 3.71. The Balaban J connectivity index is 2.22. The fourth-order valence-electron chi connectivity index (χ4n) is 2.44. The van der Waals surface area contributed by atoms with Gasteiger partial charge in [-0.15, -0.1) is 0 Å². The summed E-state index contributed by atoms with van der Waals surface area (Å²) in [5, 5.41) is 20.3. The van der Waals surface area contributed by atoms with Gasteiger partial charge in [0.1, 0.15) is 6.10 Å². The quantitative estimate of drug-likeness (QED) is 0.716. The van der Waals surface area contributed by atoms with E-state index in [-0.39, 0.29) is 6.61 Å². The van der Waals surface area contributed by atoms with Crippen LogP contribution >= 0.6 is 0 Å². The minimum atomic E-state index is -1.06. The van der Waals surface area contributed by atoms with Crippen molar-refractivity contribution in [2.45, 2.75) is 19.1 Å². The summed E-state index contributed by atoms with van der Waals surface area (Å²) in [7, 11) is 3.06. The van der Waals surface area contributed by atoms with Gasteiger partial charge in [0.15, 0.2) is 29.1 Å². The summed E-state index contributed by atoms with van der Waals surface area (Å²) in [6.07, 6.45) is -1.92. The smallest absolute Gasteiger partial charge is 0.161 e. The molecular formula is C19H24O6. The third-order valence-corrected chi connectivity index (χ3v) is 3.71. The fourth-order valence-corrected chi connectivity index (χ4v) is 2.44. The highest BCUT2D eigenvalue weighted by Crippen LogP contribution is 2.33. The topological polar surface area (TPSA) is 77.4 Å². The van der Waals surface area contributed by atoms with Gasteiger partial charge in [0.2, 0.25) is 0 Å². The van der Waals surface area contributed by atoms with E-state index < -0.39 is 12.2 Å². The molecule has 0 saturated carbocycles. The number of aliphatic hydroxyl groups is 2. The van der Waals surface area contributed by atoms with Crippen LogP contribution in [0.5, 0.6) is 23.0 Å². The highest BCUT2D eigenvalue weighted by atomic mass is 16.8. The highest BCUT2D eigenvalue weighted by Gasteiger charge is 2.24. The average Bonchev–Trinajstić information content (AvgIpc) is 2.66. The molecule has 0 heterocycles. The van der Waals surface area contributed by atoms with Crippen LogP contribution in [0.4, 0.5) is 0 Å². The van der Waals surface area contributed by atoms with E-state index in [1.54, 1.807) is 36.4 Å². The maximum atomic E-state index is 10.6. The molecule has 0 aliphatic carbocycles. The zero-order chi connectivity index (χ0) is 18.2. The van der Waals surface area contributed by atoms with E-state index >= 15 is 0 Å². The van der Waals surface area contributed by atoms with E-state index in [1.807, 2.05) is 13.0 Å². The second-order valence-corrected chi connectivity index (χ2v) is 5.28. The number of rotatable bonds is 9. The molecule has 2 atom stereocenters. The van der Waals surface area contributed by atoms with E-state index in [4.69, 9.17) is 18.9 Å². The zero-order valence-corrected chi connectivity index (χ0v) is 14.6. The predicted molar refractivity (Wildman–Crippen MR) is 93.6 cm³/mol. The van der Waals surface area contributed by atoms with E-state index in [0.29, 0.717) is 35.2 Å². The standard InChI is InChI=1S/C19H24O6/c1-4-24-15-10-9-13(11-17(15)23-3)19(21)18(12-20)25-16-8-6-5-7-14(16)22-2/h5-11,18-21H,4,12H2,1-3H3/i9+2,10+2,11+2,13+2,15+2,17+2. The van der Waals surface area contributed by atoms with Gasteiger partial charge in [0.25, 0.3) is 0 Å². The van der Waals surface area contributed by atoms with E-state index in [1.165, 1.54) is 14.2 Å². The van der Waals surface area contributed by atoms with Crippen LogP contribution in [0.3, 0.4) is 0 Å². The first-order valence-electron chi connectivity index (χ1n) is 8.03. The molecule has 2 aromatic rings. The summed E-state index contributed by atoms with van der Waals surface area (Å²) in [5.74, 6) is 2.07. The van der Waals surface area contributed by atoms with Crippen LogP contribution < -0.4 is 18.9 Å². The van der Waals surface area contributed by atoms with Gasteiger partial charge in [-0.05, 0) is 36.8 Å². The van der Waals surface area contributed by atoms with Crippen molar-refractivity contribution in [2.24, 2.45) is 0 Å². The Kier molecular flexibility index (Phi) is 6.91. The van der Waals surface area contributed by atoms with Crippen molar-refractivity contribution in [1.29, 1.82) is 0 Å². The van der Waals surface area contributed by atoms with Crippen molar-refractivity contribution in [3.05, 3.63) is 48.0 Å². The van der Waals surface area contributed by atoms with Gasteiger partial charge in [-0.3, -0.25) is 0 Å². The molecule has 6 heteroatoms. The lowest BCUT2D eigenvalue weighted by Crippen LogP contribution is -2.29. The van der Waals surface area contributed by atoms with Gasteiger partial charge in [0.05, 0.1) is 27.4 Å². The van der Waals surface area contributed by atoms with Crippen molar-refractivity contribution < 1.29 is 29.2 Å². The Bertz CT molecular complexity index is 673. The molecule has 6 nitrogen and oxygen atoms in total. The minimum absolute atomic E-state index is 0.366. The minimum Gasteiger partial charge on any atom is -0.493 e.